The smallest absolute Gasteiger partial charge is 0.230 e. The molecule has 0 radical (unpaired) electrons. The first kappa shape index (κ1) is 25.2. The van der Waals surface area contributed by atoms with Crippen molar-refractivity contribution < 1.29 is 18.7 Å². The molecule has 0 aliphatic carbocycles. The van der Waals surface area contributed by atoms with Crippen molar-refractivity contribution in [3.8, 4) is 22.6 Å². The first-order valence-corrected chi connectivity index (χ1v) is 11.9. The Morgan fingerprint density at radius 3 is 2.68 bits per heavy atom. The van der Waals surface area contributed by atoms with Gasteiger partial charge in [0.1, 0.15) is 5.82 Å². The normalized spacial score (nSPS) is 19.1. The van der Waals surface area contributed by atoms with Crippen molar-refractivity contribution in [1.82, 2.24) is 30.2 Å². The summed E-state index contributed by atoms with van der Waals surface area (Å²) in [6, 6.07) is 11.4. The van der Waals surface area contributed by atoms with E-state index in [1.54, 1.807) is 55.9 Å². The predicted molar refractivity (Wildman–Crippen MR) is 138 cm³/mol. The molecule has 0 atom stereocenters. The lowest BCUT2D eigenvalue weighted by Crippen LogP contribution is -2.48. The molecule has 38 heavy (non-hydrogen) atoms. The van der Waals surface area contributed by atoms with Gasteiger partial charge in [0.05, 0.1) is 47.6 Å². The highest BCUT2D eigenvalue weighted by molar-refractivity contribution is 5.82. The van der Waals surface area contributed by atoms with E-state index in [0.29, 0.717) is 41.0 Å². The van der Waals surface area contributed by atoms with Crippen LogP contribution in [0.5, 0.6) is 0 Å². The van der Waals surface area contributed by atoms with Crippen molar-refractivity contribution in [2.24, 2.45) is 5.41 Å². The van der Waals surface area contributed by atoms with Gasteiger partial charge in [-0.1, -0.05) is 6.08 Å². The van der Waals surface area contributed by atoms with Gasteiger partial charge >= 0.3 is 0 Å². The summed E-state index contributed by atoms with van der Waals surface area (Å²) in [4.78, 5) is 33.6. The number of ether oxygens (including phenoxy) is 2. The molecular formula is C27H26FN7O3. The molecular weight excluding hydrogens is 489 g/mol. The number of hydrogen-bond donors (Lipinski definition) is 3. The Bertz CT molecular complexity index is 1420. The number of carbonyl (C=O) groups excluding carboxylic acids is 1. The summed E-state index contributed by atoms with van der Waals surface area (Å²) < 4.78 is 25.5. The number of carbonyl (C=O) groups is 1. The molecule has 0 bridgehead atoms. The number of nitrogens with one attached hydrogen (secondary N) is 3. The molecule has 10 nitrogen and oxygen atoms in total. The summed E-state index contributed by atoms with van der Waals surface area (Å²) in [7, 11) is 0. The zero-order valence-corrected chi connectivity index (χ0v) is 20.6. The second kappa shape index (κ2) is 10.9. The molecule has 1 saturated heterocycles. The summed E-state index contributed by atoms with van der Waals surface area (Å²) in [5, 5.41) is 5.91. The quantitative estimate of drug-likeness (QED) is 0.299. The van der Waals surface area contributed by atoms with E-state index in [1.165, 1.54) is 12.1 Å². The summed E-state index contributed by atoms with van der Waals surface area (Å²) >= 11 is 0. The van der Waals surface area contributed by atoms with Crippen molar-refractivity contribution in [2.75, 3.05) is 25.1 Å². The maximum absolute atomic E-state index is 13.7. The highest BCUT2D eigenvalue weighted by Gasteiger charge is 2.40. The summed E-state index contributed by atoms with van der Waals surface area (Å²) in [5.41, 5.74) is 2.22. The predicted octanol–water partition coefficient (Wildman–Crippen LogP) is 4.17. The average Bonchev–Trinajstić information content (AvgIpc) is 3.39. The fourth-order valence-corrected chi connectivity index (χ4v) is 3.91. The van der Waals surface area contributed by atoms with Crippen LogP contribution in [0.4, 0.5) is 16.0 Å². The molecule has 11 heteroatoms. The number of hydrogen-bond acceptors (Lipinski definition) is 8. The average molecular weight is 516 g/mol. The van der Waals surface area contributed by atoms with E-state index < -0.39 is 11.7 Å². The SMILES string of the molecule is C=CCNC(=O)C1(C)COC(c2nc(-c3ccc(F)cc3)c(-c3ccnc(Nc4cccnc4)n3)[nH]2)OC1. The van der Waals surface area contributed by atoms with E-state index in [1.807, 2.05) is 6.07 Å². The van der Waals surface area contributed by atoms with Gasteiger partial charge < -0.3 is 25.1 Å². The number of aromatic nitrogens is 5. The Balaban J connectivity index is 1.44. The maximum atomic E-state index is 13.7. The van der Waals surface area contributed by atoms with Gasteiger partial charge in [0.15, 0.2) is 5.82 Å². The number of imidazole rings is 1. The molecule has 1 fully saturated rings. The number of aromatic amines is 1. The fourth-order valence-electron chi connectivity index (χ4n) is 3.91. The van der Waals surface area contributed by atoms with Crippen molar-refractivity contribution >= 4 is 17.5 Å². The number of halogens is 1. The topological polar surface area (TPSA) is 127 Å². The van der Waals surface area contributed by atoms with Gasteiger partial charge in [0.2, 0.25) is 18.1 Å². The molecule has 1 amide bonds. The zero-order valence-electron chi connectivity index (χ0n) is 20.6. The first-order valence-electron chi connectivity index (χ1n) is 11.9. The fraction of sp³-hybridized carbons (Fsp3) is 0.222. The van der Waals surface area contributed by atoms with Gasteiger partial charge in [-0.25, -0.2) is 19.3 Å². The van der Waals surface area contributed by atoms with Crippen molar-refractivity contribution in [3.05, 3.63) is 85.4 Å². The molecule has 194 valence electrons. The Morgan fingerprint density at radius 2 is 1.97 bits per heavy atom. The molecule has 0 spiro atoms. The number of amides is 1. The lowest BCUT2D eigenvalue weighted by Gasteiger charge is -2.35. The van der Waals surface area contributed by atoms with E-state index >= 15 is 0 Å². The largest absolute Gasteiger partial charge is 0.352 e. The van der Waals surface area contributed by atoms with Crippen molar-refractivity contribution in [2.45, 2.75) is 13.2 Å². The number of rotatable bonds is 8. The molecule has 1 aliphatic rings. The lowest BCUT2D eigenvalue weighted by molar-refractivity contribution is -0.230. The Morgan fingerprint density at radius 1 is 1.18 bits per heavy atom. The van der Waals surface area contributed by atoms with Crippen LogP contribution in [0.25, 0.3) is 22.6 Å². The second-order valence-electron chi connectivity index (χ2n) is 9.00. The molecule has 4 aromatic rings. The van der Waals surface area contributed by atoms with Crippen LogP contribution in [0.1, 0.15) is 19.0 Å². The second-order valence-corrected chi connectivity index (χ2v) is 9.00. The number of H-pyrrole nitrogens is 1. The summed E-state index contributed by atoms with van der Waals surface area (Å²) in [6.45, 7) is 6.02. The maximum Gasteiger partial charge on any atom is 0.230 e. The highest BCUT2D eigenvalue weighted by atomic mass is 19.1. The van der Waals surface area contributed by atoms with Crippen LogP contribution < -0.4 is 10.6 Å². The summed E-state index contributed by atoms with van der Waals surface area (Å²) in [5.74, 6) is 0.220. The van der Waals surface area contributed by atoms with Gasteiger partial charge in [-0.3, -0.25) is 9.78 Å². The van der Waals surface area contributed by atoms with Gasteiger partial charge in [-0.15, -0.1) is 6.58 Å². The molecule has 4 heterocycles. The van der Waals surface area contributed by atoms with Gasteiger partial charge in [-0.2, -0.15) is 0 Å². The van der Waals surface area contributed by atoms with Crippen LogP contribution in [-0.4, -0.2) is 50.6 Å². The standard InChI is InChI=1S/C27H26FN7O3/c1-3-11-30-25(36)27(2)15-37-24(38-16-27)23-34-21(17-6-8-18(28)9-7-17)22(35-23)20-10-13-31-26(33-20)32-19-5-4-12-29-14-19/h3-10,12-14,24H,1,11,15-16H2,2H3,(H,30,36)(H,34,35)(H,31,32,33). The van der Waals surface area contributed by atoms with Gasteiger partial charge in [-0.05, 0) is 49.4 Å². The number of anilines is 2. The third-order valence-corrected chi connectivity index (χ3v) is 5.95. The Kier molecular flexibility index (Phi) is 7.20. The molecule has 3 N–H and O–H groups in total. The number of pyridine rings is 1. The third kappa shape index (κ3) is 5.43. The van der Waals surface area contributed by atoms with Crippen molar-refractivity contribution in [3.63, 3.8) is 0 Å². The minimum atomic E-state index is -0.853. The minimum absolute atomic E-state index is 0.134. The Labute approximate surface area is 218 Å². The van der Waals surface area contributed by atoms with Gasteiger partial charge in [0.25, 0.3) is 0 Å². The molecule has 0 unspecified atom stereocenters. The van der Waals surface area contributed by atoms with Crippen molar-refractivity contribution in [1.29, 1.82) is 0 Å². The van der Waals surface area contributed by atoms with Crippen LogP contribution in [0.2, 0.25) is 0 Å². The van der Waals surface area contributed by atoms with Crippen LogP contribution in [-0.2, 0) is 14.3 Å². The van der Waals surface area contributed by atoms with Crippen LogP contribution in [0, 0.1) is 11.2 Å². The molecule has 3 aromatic heterocycles. The first-order chi connectivity index (χ1) is 18.4. The summed E-state index contributed by atoms with van der Waals surface area (Å²) in [6.07, 6.45) is 5.74. The molecule has 1 aliphatic heterocycles. The van der Waals surface area contributed by atoms with Crippen LogP contribution in [0.15, 0.2) is 73.7 Å². The lowest BCUT2D eigenvalue weighted by atomic mass is 9.91. The number of benzene rings is 1. The Hall–Kier alpha value is -4.48. The van der Waals surface area contributed by atoms with E-state index in [0.717, 1.165) is 5.69 Å². The van der Waals surface area contributed by atoms with E-state index in [9.17, 15) is 9.18 Å². The van der Waals surface area contributed by atoms with E-state index in [2.05, 4.69) is 37.1 Å². The van der Waals surface area contributed by atoms with Crippen LogP contribution >= 0.6 is 0 Å². The monoisotopic (exact) mass is 515 g/mol. The molecule has 5 rings (SSSR count). The van der Waals surface area contributed by atoms with Gasteiger partial charge in [0, 0.05) is 24.5 Å². The minimum Gasteiger partial charge on any atom is -0.352 e. The highest BCUT2D eigenvalue weighted by Crippen LogP contribution is 2.35. The van der Waals surface area contributed by atoms with E-state index in [4.69, 9.17) is 14.5 Å². The zero-order chi connectivity index (χ0) is 26.5. The third-order valence-electron chi connectivity index (χ3n) is 5.95. The van der Waals surface area contributed by atoms with E-state index in [-0.39, 0.29) is 24.9 Å². The number of nitrogens with zero attached hydrogens (tertiary/aromatic N) is 4. The van der Waals surface area contributed by atoms with Crippen LogP contribution in [0.3, 0.4) is 0 Å². The molecule has 0 saturated carbocycles. The molecule has 1 aromatic carbocycles.